The summed E-state index contributed by atoms with van der Waals surface area (Å²) in [7, 11) is 0. The molecule has 1 aromatic rings. The van der Waals surface area contributed by atoms with Gasteiger partial charge in [-0.25, -0.2) is 0 Å². The molecular formula is C14H20N2O. The summed E-state index contributed by atoms with van der Waals surface area (Å²) in [5.41, 5.74) is 9.27. The molecule has 2 bridgehead atoms. The highest BCUT2D eigenvalue weighted by atomic mass is 16.5. The van der Waals surface area contributed by atoms with Crippen LogP contribution in [0.2, 0.25) is 0 Å². The van der Waals surface area contributed by atoms with Crippen LogP contribution in [0.15, 0.2) is 18.2 Å². The molecule has 92 valence electrons. The number of anilines is 1. The van der Waals surface area contributed by atoms with Gasteiger partial charge in [0.1, 0.15) is 0 Å². The molecule has 0 aromatic heterocycles. The molecule has 2 fully saturated rings. The minimum absolute atomic E-state index is 0.476. The molecule has 3 rings (SSSR count). The molecule has 2 aliphatic rings. The van der Waals surface area contributed by atoms with E-state index in [1.54, 1.807) is 0 Å². The van der Waals surface area contributed by atoms with Crippen LogP contribution in [-0.2, 0) is 11.3 Å². The molecular weight excluding hydrogens is 212 g/mol. The Morgan fingerprint density at radius 3 is 2.65 bits per heavy atom. The van der Waals surface area contributed by atoms with Gasteiger partial charge < -0.3 is 10.5 Å². The molecule has 2 aliphatic heterocycles. The average molecular weight is 232 g/mol. The molecule has 3 nitrogen and oxygen atoms in total. The summed E-state index contributed by atoms with van der Waals surface area (Å²) in [6, 6.07) is 6.35. The second-order valence-electron chi connectivity index (χ2n) is 5.34. The topological polar surface area (TPSA) is 38.5 Å². The SMILES string of the molecule is Cc1cc(CN2CC3CCC(C2)O3)ccc1N. The van der Waals surface area contributed by atoms with Crippen LogP contribution in [0, 0.1) is 6.92 Å². The summed E-state index contributed by atoms with van der Waals surface area (Å²) in [5, 5.41) is 0. The fourth-order valence-electron chi connectivity index (χ4n) is 2.92. The average Bonchev–Trinajstić information content (AvgIpc) is 2.64. The van der Waals surface area contributed by atoms with Gasteiger partial charge in [-0.15, -0.1) is 0 Å². The van der Waals surface area contributed by atoms with Crippen molar-refractivity contribution in [1.29, 1.82) is 0 Å². The molecule has 2 atom stereocenters. The number of ether oxygens (including phenoxy) is 1. The van der Waals surface area contributed by atoms with Gasteiger partial charge in [0.25, 0.3) is 0 Å². The van der Waals surface area contributed by atoms with Gasteiger partial charge >= 0.3 is 0 Å². The predicted molar refractivity (Wildman–Crippen MR) is 68.8 cm³/mol. The molecule has 0 aliphatic carbocycles. The molecule has 3 heteroatoms. The molecule has 0 radical (unpaired) electrons. The first-order valence-corrected chi connectivity index (χ1v) is 6.43. The van der Waals surface area contributed by atoms with Crippen molar-refractivity contribution in [3.8, 4) is 0 Å². The van der Waals surface area contributed by atoms with Crippen LogP contribution in [0.3, 0.4) is 0 Å². The lowest BCUT2D eigenvalue weighted by Crippen LogP contribution is -2.41. The lowest BCUT2D eigenvalue weighted by Gasteiger charge is -2.32. The second-order valence-corrected chi connectivity index (χ2v) is 5.34. The fourth-order valence-corrected chi connectivity index (χ4v) is 2.92. The van der Waals surface area contributed by atoms with Crippen LogP contribution in [0.5, 0.6) is 0 Å². The smallest absolute Gasteiger partial charge is 0.0707 e. The van der Waals surface area contributed by atoms with Gasteiger partial charge in [0.15, 0.2) is 0 Å². The number of benzene rings is 1. The van der Waals surface area contributed by atoms with Crippen molar-refractivity contribution in [3.63, 3.8) is 0 Å². The third-order valence-corrected chi connectivity index (χ3v) is 3.86. The summed E-state index contributed by atoms with van der Waals surface area (Å²) in [6.45, 7) is 5.26. The van der Waals surface area contributed by atoms with Crippen LogP contribution in [0.25, 0.3) is 0 Å². The van der Waals surface area contributed by atoms with E-state index in [1.165, 1.54) is 24.0 Å². The number of hydrogen-bond acceptors (Lipinski definition) is 3. The van der Waals surface area contributed by atoms with Crippen LogP contribution in [0.4, 0.5) is 5.69 Å². The monoisotopic (exact) mass is 232 g/mol. The minimum Gasteiger partial charge on any atom is -0.399 e. The van der Waals surface area contributed by atoms with Gasteiger partial charge in [-0.05, 0) is 37.0 Å². The summed E-state index contributed by atoms with van der Waals surface area (Å²) >= 11 is 0. The minimum atomic E-state index is 0.476. The highest BCUT2D eigenvalue weighted by Crippen LogP contribution is 2.27. The van der Waals surface area contributed by atoms with E-state index in [1.807, 2.05) is 6.07 Å². The molecule has 0 saturated carbocycles. The zero-order chi connectivity index (χ0) is 11.8. The number of morpholine rings is 1. The van der Waals surface area contributed by atoms with Crippen molar-refractivity contribution in [2.45, 2.75) is 38.5 Å². The predicted octanol–water partition coefficient (Wildman–Crippen LogP) is 1.94. The highest BCUT2D eigenvalue weighted by molar-refractivity contribution is 5.47. The number of nitrogens with two attached hydrogens (primary N) is 1. The van der Waals surface area contributed by atoms with E-state index < -0.39 is 0 Å². The fraction of sp³-hybridized carbons (Fsp3) is 0.571. The van der Waals surface area contributed by atoms with Crippen LogP contribution < -0.4 is 5.73 Å². The molecule has 2 unspecified atom stereocenters. The van der Waals surface area contributed by atoms with Crippen molar-refractivity contribution in [2.75, 3.05) is 18.8 Å². The maximum atomic E-state index is 5.85. The quantitative estimate of drug-likeness (QED) is 0.792. The number of hydrogen-bond donors (Lipinski definition) is 1. The van der Waals surface area contributed by atoms with Gasteiger partial charge in [-0.3, -0.25) is 4.90 Å². The van der Waals surface area contributed by atoms with Gasteiger partial charge in [-0.2, -0.15) is 0 Å². The zero-order valence-electron chi connectivity index (χ0n) is 10.4. The van der Waals surface area contributed by atoms with Crippen molar-refractivity contribution >= 4 is 5.69 Å². The Labute approximate surface area is 103 Å². The summed E-state index contributed by atoms with van der Waals surface area (Å²) in [6.07, 6.45) is 3.43. The van der Waals surface area contributed by atoms with Crippen molar-refractivity contribution in [3.05, 3.63) is 29.3 Å². The Hall–Kier alpha value is -1.06. The highest BCUT2D eigenvalue weighted by Gasteiger charge is 2.33. The maximum absolute atomic E-state index is 5.85. The lowest BCUT2D eigenvalue weighted by atomic mass is 10.1. The number of fused-ring (bicyclic) bond motifs is 2. The molecule has 17 heavy (non-hydrogen) atoms. The number of rotatable bonds is 2. The van der Waals surface area contributed by atoms with Crippen LogP contribution in [-0.4, -0.2) is 30.2 Å². The van der Waals surface area contributed by atoms with Gasteiger partial charge in [0.05, 0.1) is 12.2 Å². The Kier molecular flexibility index (Phi) is 2.81. The van der Waals surface area contributed by atoms with Crippen LogP contribution >= 0.6 is 0 Å². The molecule has 2 heterocycles. The van der Waals surface area contributed by atoms with Crippen molar-refractivity contribution in [2.24, 2.45) is 0 Å². The molecule has 0 spiro atoms. The number of nitrogens with zero attached hydrogens (tertiary/aromatic N) is 1. The molecule has 2 N–H and O–H groups in total. The summed E-state index contributed by atoms with van der Waals surface area (Å²) in [5.74, 6) is 0. The standard InChI is InChI=1S/C14H20N2O/c1-10-6-11(2-5-14(10)15)7-16-8-12-3-4-13(9-16)17-12/h2,5-6,12-13H,3-4,7-9,15H2,1H3. The Bertz CT molecular complexity index is 407. The number of nitrogen functional groups attached to an aromatic ring is 1. The van der Waals surface area contributed by atoms with E-state index in [0.29, 0.717) is 12.2 Å². The normalized spacial score (nSPS) is 28.5. The Morgan fingerprint density at radius 2 is 2.00 bits per heavy atom. The second kappa shape index (κ2) is 4.31. The molecule has 1 aromatic carbocycles. The Morgan fingerprint density at radius 1 is 1.29 bits per heavy atom. The third-order valence-electron chi connectivity index (χ3n) is 3.86. The first-order valence-electron chi connectivity index (χ1n) is 6.43. The zero-order valence-corrected chi connectivity index (χ0v) is 10.4. The summed E-state index contributed by atoms with van der Waals surface area (Å²) in [4.78, 5) is 2.51. The van der Waals surface area contributed by atoms with Crippen LogP contribution in [0.1, 0.15) is 24.0 Å². The van der Waals surface area contributed by atoms with Gasteiger partial charge in [0.2, 0.25) is 0 Å². The number of aryl methyl sites for hydroxylation is 1. The third kappa shape index (κ3) is 2.31. The van der Waals surface area contributed by atoms with E-state index in [4.69, 9.17) is 10.5 Å². The molecule has 0 amide bonds. The first-order chi connectivity index (χ1) is 8.20. The Balaban J connectivity index is 1.68. The first kappa shape index (κ1) is 11.1. The van der Waals surface area contributed by atoms with E-state index in [2.05, 4.69) is 24.0 Å². The van der Waals surface area contributed by atoms with Crippen molar-refractivity contribution < 1.29 is 4.74 Å². The molecule has 2 saturated heterocycles. The van der Waals surface area contributed by atoms with E-state index in [9.17, 15) is 0 Å². The van der Waals surface area contributed by atoms with Gasteiger partial charge in [0, 0.05) is 25.3 Å². The van der Waals surface area contributed by atoms with Gasteiger partial charge in [-0.1, -0.05) is 12.1 Å². The summed E-state index contributed by atoms with van der Waals surface area (Å²) < 4.78 is 5.85. The maximum Gasteiger partial charge on any atom is 0.0707 e. The van der Waals surface area contributed by atoms with Crippen molar-refractivity contribution in [1.82, 2.24) is 4.90 Å². The lowest BCUT2D eigenvalue weighted by molar-refractivity contribution is -0.0410. The number of likely N-dealkylation sites (tertiary alicyclic amines) is 1. The van der Waals surface area contributed by atoms with E-state index in [-0.39, 0.29) is 0 Å². The van der Waals surface area contributed by atoms with E-state index >= 15 is 0 Å². The largest absolute Gasteiger partial charge is 0.399 e. The van der Waals surface area contributed by atoms with E-state index in [0.717, 1.165) is 25.3 Å².